The third kappa shape index (κ3) is 5.34. The summed E-state index contributed by atoms with van der Waals surface area (Å²) in [6.07, 6.45) is 13.9. The molecule has 1 atom stereocenters. The Hall–Kier alpha value is -2.44. The first kappa shape index (κ1) is 19.9. The summed E-state index contributed by atoms with van der Waals surface area (Å²) in [4.78, 5) is 16.8. The van der Waals surface area contributed by atoms with E-state index >= 15 is 0 Å². The number of aromatic nitrogens is 1. The number of amides is 1. The molecule has 0 saturated carbocycles. The van der Waals surface area contributed by atoms with E-state index < -0.39 is 0 Å². The van der Waals surface area contributed by atoms with E-state index in [4.69, 9.17) is 0 Å². The summed E-state index contributed by atoms with van der Waals surface area (Å²) in [6.45, 7) is 5.60. The number of carbonyl (C=O) groups excluding carboxylic acids is 1. The van der Waals surface area contributed by atoms with Crippen molar-refractivity contribution < 1.29 is 4.79 Å². The van der Waals surface area contributed by atoms with E-state index in [1.54, 1.807) is 12.3 Å². The van der Waals surface area contributed by atoms with Crippen molar-refractivity contribution in [2.75, 3.05) is 31.5 Å². The molecule has 1 aromatic heterocycles. The van der Waals surface area contributed by atoms with Gasteiger partial charge in [0.2, 0.25) is 0 Å². The Morgan fingerprint density at radius 1 is 1.17 bits per heavy atom. The molecule has 2 aliphatic carbocycles. The van der Waals surface area contributed by atoms with E-state index in [1.807, 2.05) is 6.07 Å². The van der Waals surface area contributed by atoms with Gasteiger partial charge in [0, 0.05) is 37.4 Å². The van der Waals surface area contributed by atoms with Crippen LogP contribution in [0, 0.1) is 5.92 Å². The highest BCUT2D eigenvalue weighted by atomic mass is 16.1. The molecule has 0 spiro atoms. The van der Waals surface area contributed by atoms with E-state index in [-0.39, 0.29) is 5.91 Å². The number of hydrogen-bond acceptors (Lipinski definition) is 5. The lowest BCUT2D eigenvalue weighted by atomic mass is 10.1. The summed E-state index contributed by atoms with van der Waals surface area (Å²) >= 11 is 0. The molecule has 1 fully saturated rings. The van der Waals surface area contributed by atoms with Crippen LogP contribution in [0.5, 0.6) is 0 Å². The number of allylic oxidation sites excluding steroid dienone is 4. The Balaban J connectivity index is 1.19. The number of nitrogens with zero attached hydrogens (tertiary/aromatic N) is 1. The van der Waals surface area contributed by atoms with Gasteiger partial charge in [-0.15, -0.1) is 0 Å². The van der Waals surface area contributed by atoms with Gasteiger partial charge in [-0.25, -0.2) is 4.98 Å². The van der Waals surface area contributed by atoms with Crippen LogP contribution in [0.15, 0.2) is 53.8 Å². The fourth-order valence-electron chi connectivity index (χ4n) is 3.92. The van der Waals surface area contributed by atoms with Gasteiger partial charge in [0.05, 0.1) is 6.04 Å². The summed E-state index contributed by atoms with van der Waals surface area (Å²) in [5.41, 5.74) is 3.59. The normalized spacial score (nSPS) is 20.2. The van der Waals surface area contributed by atoms with Gasteiger partial charge >= 0.3 is 0 Å². The first-order valence-corrected chi connectivity index (χ1v) is 10.7. The molecule has 6 nitrogen and oxygen atoms in total. The summed E-state index contributed by atoms with van der Waals surface area (Å²) < 4.78 is 0. The van der Waals surface area contributed by atoms with Crippen LogP contribution in [0.25, 0.3) is 0 Å². The maximum absolute atomic E-state index is 12.5. The van der Waals surface area contributed by atoms with Gasteiger partial charge in [0.15, 0.2) is 0 Å². The molecular weight excluding hydrogens is 362 g/mol. The molecule has 0 radical (unpaired) electrons. The smallest absolute Gasteiger partial charge is 0.251 e. The maximum Gasteiger partial charge on any atom is 0.251 e. The Morgan fingerprint density at radius 2 is 1.93 bits per heavy atom. The largest absolute Gasteiger partial charge is 0.365 e. The van der Waals surface area contributed by atoms with Crippen molar-refractivity contribution in [1.29, 1.82) is 0 Å². The molecule has 1 saturated heterocycles. The number of anilines is 1. The first-order chi connectivity index (χ1) is 14.2. The van der Waals surface area contributed by atoms with Crippen molar-refractivity contribution in [1.82, 2.24) is 20.9 Å². The lowest BCUT2D eigenvalue weighted by Gasteiger charge is -2.28. The van der Waals surface area contributed by atoms with Gasteiger partial charge in [-0.1, -0.05) is 31.2 Å². The van der Waals surface area contributed by atoms with Crippen molar-refractivity contribution in [2.45, 2.75) is 38.3 Å². The van der Waals surface area contributed by atoms with Gasteiger partial charge in [-0.05, 0) is 55.0 Å². The molecule has 0 aromatic carbocycles. The van der Waals surface area contributed by atoms with E-state index in [0.717, 1.165) is 44.7 Å². The fraction of sp³-hybridized carbons (Fsp3) is 0.478. The van der Waals surface area contributed by atoms with Gasteiger partial charge in [0.1, 0.15) is 5.82 Å². The van der Waals surface area contributed by atoms with Crippen LogP contribution < -0.4 is 21.3 Å². The van der Waals surface area contributed by atoms with Crippen molar-refractivity contribution in [3.8, 4) is 0 Å². The van der Waals surface area contributed by atoms with E-state index in [2.05, 4.69) is 57.5 Å². The zero-order valence-electron chi connectivity index (χ0n) is 17.1. The molecule has 29 heavy (non-hydrogen) atoms. The molecule has 0 bridgehead atoms. The average molecular weight is 394 g/mol. The predicted octanol–water partition coefficient (Wildman–Crippen LogP) is 2.40. The van der Waals surface area contributed by atoms with Crippen LogP contribution in [-0.2, 0) is 0 Å². The lowest BCUT2D eigenvalue weighted by molar-refractivity contribution is 0.0948. The zero-order valence-corrected chi connectivity index (χ0v) is 17.1. The van der Waals surface area contributed by atoms with Crippen LogP contribution in [0.3, 0.4) is 0 Å². The number of hydrogen-bond donors (Lipinski definition) is 4. The summed E-state index contributed by atoms with van der Waals surface area (Å²) in [5, 5.41) is 13.3. The van der Waals surface area contributed by atoms with Gasteiger partial charge in [-0.3, -0.25) is 4.79 Å². The van der Waals surface area contributed by atoms with Gasteiger partial charge in [-0.2, -0.15) is 0 Å². The minimum Gasteiger partial charge on any atom is -0.365 e. The highest BCUT2D eigenvalue weighted by molar-refractivity contribution is 5.94. The predicted molar refractivity (Wildman–Crippen MR) is 117 cm³/mol. The second-order valence-corrected chi connectivity index (χ2v) is 8.35. The maximum atomic E-state index is 12.5. The molecule has 1 aliphatic heterocycles. The standard InChI is InChI=1S/C23H31N5O/c1-16(12-26-20-9-17-5-3-2-4-6-18(17)10-20)13-27-23(29)19-7-8-25-22(11-19)28-21-14-24-15-21/h3-8,11,16,20-21,24,26H,2,9-10,12-15H2,1H3,(H,25,28)(H,27,29). The first-order valence-electron chi connectivity index (χ1n) is 10.7. The van der Waals surface area contributed by atoms with Crippen molar-refractivity contribution >= 4 is 11.7 Å². The fourth-order valence-corrected chi connectivity index (χ4v) is 3.92. The zero-order chi connectivity index (χ0) is 20.1. The van der Waals surface area contributed by atoms with Crippen molar-refractivity contribution in [2.24, 2.45) is 5.92 Å². The lowest BCUT2D eigenvalue weighted by Crippen LogP contribution is -2.51. The molecule has 3 aliphatic rings. The van der Waals surface area contributed by atoms with Crippen molar-refractivity contribution in [3.05, 3.63) is 59.3 Å². The minimum absolute atomic E-state index is 0.0430. The molecule has 154 valence electrons. The molecule has 1 unspecified atom stereocenters. The van der Waals surface area contributed by atoms with E-state index in [0.29, 0.717) is 30.1 Å². The topological polar surface area (TPSA) is 78.1 Å². The summed E-state index contributed by atoms with van der Waals surface area (Å²) in [7, 11) is 0. The Morgan fingerprint density at radius 3 is 2.62 bits per heavy atom. The van der Waals surface area contributed by atoms with Crippen LogP contribution in [0.2, 0.25) is 0 Å². The number of nitrogens with one attached hydrogen (secondary N) is 4. The quantitative estimate of drug-likeness (QED) is 0.546. The number of carbonyl (C=O) groups is 1. The number of rotatable bonds is 8. The van der Waals surface area contributed by atoms with Crippen LogP contribution in [-0.4, -0.2) is 49.2 Å². The van der Waals surface area contributed by atoms with Gasteiger partial charge < -0.3 is 21.3 Å². The average Bonchev–Trinajstić information content (AvgIpc) is 2.96. The van der Waals surface area contributed by atoms with E-state index in [1.165, 1.54) is 11.1 Å². The molecule has 4 rings (SSSR count). The highest BCUT2D eigenvalue weighted by Crippen LogP contribution is 2.30. The molecule has 4 N–H and O–H groups in total. The second-order valence-electron chi connectivity index (χ2n) is 8.35. The summed E-state index contributed by atoms with van der Waals surface area (Å²) in [5.74, 6) is 1.08. The van der Waals surface area contributed by atoms with Gasteiger partial charge in [0.25, 0.3) is 5.91 Å². The Bertz CT molecular complexity index is 800. The SMILES string of the molecule is CC(CNC(=O)c1ccnc(NC2CNC2)c1)CNC1CC2=C(C=CCC=C2)C1. The Kier molecular flexibility index (Phi) is 6.42. The minimum atomic E-state index is -0.0430. The van der Waals surface area contributed by atoms with E-state index in [9.17, 15) is 4.79 Å². The highest BCUT2D eigenvalue weighted by Gasteiger charge is 2.22. The second kappa shape index (κ2) is 9.37. The molecule has 2 heterocycles. The molecule has 6 heteroatoms. The van der Waals surface area contributed by atoms with Crippen LogP contribution in [0.1, 0.15) is 36.5 Å². The summed E-state index contributed by atoms with van der Waals surface area (Å²) in [6, 6.07) is 4.49. The molecular formula is C23H31N5O. The molecule has 1 aromatic rings. The monoisotopic (exact) mass is 393 g/mol. The number of pyridine rings is 1. The van der Waals surface area contributed by atoms with Crippen molar-refractivity contribution in [3.63, 3.8) is 0 Å². The Labute approximate surface area is 172 Å². The van der Waals surface area contributed by atoms with Crippen LogP contribution >= 0.6 is 0 Å². The third-order valence-corrected chi connectivity index (χ3v) is 5.78. The third-order valence-electron chi connectivity index (χ3n) is 5.78. The van der Waals surface area contributed by atoms with Crippen LogP contribution in [0.4, 0.5) is 5.82 Å². The molecule has 1 amide bonds.